The summed E-state index contributed by atoms with van der Waals surface area (Å²) in [6, 6.07) is 0. The summed E-state index contributed by atoms with van der Waals surface area (Å²) in [5, 5.41) is 7.24. The maximum Gasteiger partial charge on any atom is 0.267 e. The number of rotatable bonds is 2. The van der Waals surface area contributed by atoms with Crippen LogP contribution in [-0.4, -0.2) is 47.5 Å². The quantitative estimate of drug-likeness (QED) is 0.768. The molecule has 6 nitrogen and oxygen atoms in total. The largest absolute Gasteiger partial charge is 0.382 e. The van der Waals surface area contributed by atoms with Crippen LogP contribution in [-0.2, 0) is 0 Å². The van der Waals surface area contributed by atoms with Crippen molar-refractivity contribution in [3.05, 3.63) is 4.88 Å². The van der Waals surface area contributed by atoms with Gasteiger partial charge in [0.05, 0.1) is 0 Å². The molecule has 1 amide bonds. The second kappa shape index (κ2) is 5.97. The average molecular weight is 297 g/mol. The molecular formula is C13H23N5OS. The minimum atomic E-state index is -0.100. The van der Waals surface area contributed by atoms with Gasteiger partial charge in [-0.3, -0.25) is 4.79 Å². The van der Waals surface area contributed by atoms with E-state index < -0.39 is 0 Å². The highest BCUT2D eigenvalue weighted by Crippen LogP contribution is 2.28. The number of hydrogen-bond acceptors (Lipinski definition) is 6. The Labute approximate surface area is 123 Å². The van der Waals surface area contributed by atoms with E-state index in [0.717, 1.165) is 32.6 Å². The molecule has 0 aromatic carbocycles. The monoisotopic (exact) mass is 297 g/mol. The summed E-state index contributed by atoms with van der Waals surface area (Å²) in [6.07, 6.45) is 0.970. The van der Waals surface area contributed by atoms with Gasteiger partial charge in [-0.2, -0.15) is 0 Å². The Bertz CT molecular complexity index is 472. The molecule has 0 spiro atoms. The molecule has 1 aliphatic rings. The Kier molecular flexibility index (Phi) is 4.49. The molecule has 7 heteroatoms. The summed E-state index contributed by atoms with van der Waals surface area (Å²) in [5.41, 5.74) is 5.80. The molecule has 0 atom stereocenters. The number of aromatic nitrogens is 1. The zero-order chi connectivity index (χ0) is 14.8. The van der Waals surface area contributed by atoms with Gasteiger partial charge in [-0.25, -0.2) is 4.98 Å². The first-order valence-corrected chi connectivity index (χ1v) is 7.73. The van der Waals surface area contributed by atoms with Crippen molar-refractivity contribution in [2.75, 3.05) is 37.2 Å². The lowest BCUT2D eigenvalue weighted by Gasteiger charge is -2.20. The lowest BCUT2D eigenvalue weighted by atomic mass is 10.1. The predicted octanol–water partition coefficient (Wildman–Crippen LogP) is 1.37. The number of carbonyl (C=O) groups excluding carboxylic acids is 1. The zero-order valence-corrected chi connectivity index (χ0v) is 13.1. The number of nitrogens with one attached hydrogen (secondary N) is 2. The van der Waals surface area contributed by atoms with Crippen LogP contribution in [0.3, 0.4) is 0 Å². The molecule has 1 fully saturated rings. The number of anilines is 2. The number of nitrogens with two attached hydrogens (primary N) is 1. The van der Waals surface area contributed by atoms with Crippen molar-refractivity contribution in [1.82, 2.24) is 15.2 Å². The fourth-order valence-corrected chi connectivity index (χ4v) is 3.11. The van der Waals surface area contributed by atoms with E-state index in [4.69, 9.17) is 5.73 Å². The lowest BCUT2D eigenvalue weighted by Crippen LogP contribution is -2.34. The van der Waals surface area contributed by atoms with Crippen molar-refractivity contribution in [3.8, 4) is 0 Å². The number of thiazole rings is 1. The van der Waals surface area contributed by atoms with E-state index in [9.17, 15) is 4.79 Å². The first-order chi connectivity index (χ1) is 9.37. The van der Waals surface area contributed by atoms with Gasteiger partial charge < -0.3 is 21.3 Å². The van der Waals surface area contributed by atoms with Crippen LogP contribution >= 0.6 is 11.3 Å². The molecule has 0 unspecified atom stereocenters. The fourth-order valence-electron chi connectivity index (χ4n) is 2.05. The molecule has 0 aliphatic carbocycles. The Morgan fingerprint density at radius 2 is 2.15 bits per heavy atom. The third-order valence-electron chi connectivity index (χ3n) is 2.96. The third kappa shape index (κ3) is 3.83. The van der Waals surface area contributed by atoms with Crippen molar-refractivity contribution in [2.24, 2.45) is 0 Å². The Morgan fingerprint density at radius 3 is 2.85 bits per heavy atom. The molecule has 112 valence electrons. The number of carbonyl (C=O) groups is 1. The molecular weight excluding hydrogens is 274 g/mol. The highest BCUT2D eigenvalue weighted by Gasteiger charge is 2.24. The molecule has 2 heterocycles. The molecule has 1 aromatic rings. The summed E-state index contributed by atoms with van der Waals surface area (Å²) in [6.45, 7) is 9.42. The zero-order valence-electron chi connectivity index (χ0n) is 12.3. The van der Waals surface area contributed by atoms with Crippen LogP contribution in [0.25, 0.3) is 0 Å². The van der Waals surface area contributed by atoms with Crippen LogP contribution in [0.15, 0.2) is 0 Å². The highest BCUT2D eigenvalue weighted by atomic mass is 32.1. The summed E-state index contributed by atoms with van der Waals surface area (Å²) in [4.78, 5) is 19.2. The van der Waals surface area contributed by atoms with E-state index in [2.05, 4.69) is 15.6 Å². The lowest BCUT2D eigenvalue weighted by molar-refractivity contribution is 0.0772. The fraction of sp³-hybridized carbons (Fsp3) is 0.692. The van der Waals surface area contributed by atoms with Crippen LogP contribution in [0.2, 0.25) is 0 Å². The third-order valence-corrected chi connectivity index (χ3v) is 3.93. The van der Waals surface area contributed by atoms with Gasteiger partial charge in [-0.05, 0) is 33.7 Å². The number of amides is 1. The van der Waals surface area contributed by atoms with Crippen LogP contribution < -0.4 is 16.4 Å². The highest BCUT2D eigenvalue weighted by molar-refractivity contribution is 7.18. The van der Waals surface area contributed by atoms with Crippen molar-refractivity contribution in [3.63, 3.8) is 0 Å². The number of nitrogens with zero attached hydrogens (tertiary/aromatic N) is 2. The molecule has 20 heavy (non-hydrogen) atoms. The molecule has 0 bridgehead atoms. The maximum absolute atomic E-state index is 12.5. The topological polar surface area (TPSA) is 83.3 Å². The molecule has 4 N–H and O–H groups in total. The minimum Gasteiger partial charge on any atom is -0.382 e. The first-order valence-electron chi connectivity index (χ1n) is 6.91. The maximum atomic E-state index is 12.5. The minimum absolute atomic E-state index is 0.00865. The summed E-state index contributed by atoms with van der Waals surface area (Å²) in [7, 11) is 0. The molecule has 2 rings (SSSR count). The summed E-state index contributed by atoms with van der Waals surface area (Å²) < 4.78 is 0. The SMILES string of the molecule is CC(C)(C)Nc1nc(N)c(C(=O)N2CCCNCC2)s1. The van der Waals surface area contributed by atoms with Crippen molar-refractivity contribution < 1.29 is 4.79 Å². The number of nitrogen functional groups attached to an aromatic ring is 1. The van der Waals surface area contributed by atoms with Crippen molar-refractivity contribution in [2.45, 2.75) is 32.7 Å². The van der Waals surface area contributed by atoms with Gasteiger partial charge in [0.15, 0.2) is 5.13 Å². The summed E-state index contributed by atoms with van der Waals surface area (Å²) >= 11 is 1.34. The van der Waals surface area contributed by atoms with Crippen LogP contribution in [0.5, 0.6) is 0 Å². The Hall–Kier alpha value is -1.34. The molecule has 1 aliphatic heterocycles. The van der Waals surface area contributed by atoms with Crippen molar-refractivity contribution >= 4 is 28.2 Å². The standard InChI is InChI=1S/C13H23N5OS/c1-13(2,3)17-12-16-10(14)9(20-12)11(19)18-7-4-5-15-6-8-18/h15H,4-8,14H2,1-3H3,(H,16,17). The Balaban J connectivity index is 2.13. The number of hydrogen-bond donors (Lipinski definition) is 3. The van der Waals surface area contributed by atoms with Gasteiger partial charge >= 0.3 is 0 Å². The van der Waals surface area contributed by atoms with Crippen molar-refractivity contribution in [1.29, 1.82) is 0 Å². The van der Waals surface area contributed by atoms with Gasteiger partial charge in [0.2, 0.25) is 0 Å². The van der Waals surface area contributed by atoms with Crippen LogP contribution in [0.4, 0.5) is 10.9 Å². The second-order valence-electron chi connectivity index (χ2n) is 6.00. The predicted molar refractivity (Wildman–Crippen MR) is 83.3 cm³/mol. The van der Waals surface area contributed by atoms with Crippen LogP contribution in [0.1, 0.15) is 36.9 Å². The average Bonchev–Trinajstić information content (AvgIpc) is 2.56. The first kappa shape index (κ1) is 15.1. The second-order valence-corrected chi connectivity index (χ2v) is 7.00. The van der Waals surface area contributed by atoms with Gasteiger partial charge in [0, 0.05) is 25.2 Å². The van der Waals surface area contributed by atoms with E-state index in [1.807, 2.05) is 25.7 Å². The van der Waals surface area contributed by atoms with E-state index in [1.54, 1.807) is 0 Å². The molecule has 0 saturated carbocycles. The van der Waals surface area contributed by atoms with E-state index in [-0.39, 0.29) is 11.4 Å². The van der Waals surface area contributed by atoms with Gasteiger partial charge in [0.25, 0.3) is 5.91 Å². The molecule has 0 radical (unpaired) electrons. The molecule has 1 saturated heterocycles. The summed E-state index contributed by atoms with van der Waals surface area (Å²) in [5.74, 6) is 0.314. The smallest absolute Gasteiger partial charge is 0.267 e. The molecule has 1 aromatic heterocycles. The van der Waals surface area contributed by atoms with E-state index >= 15 is 0 Å². The van der Waals surface area contributed by atoms with E-state index in [0.29, 0.717) is 15.8 Å². The van der Waals surface area contributed by atoms with Gasteiger partial charge in [-0.1, -0.05) is 11.3 Å². The van der Waals surface area contributed by atoms with Crippen LogP contribution in [0, 0.1) is 0 Å². The van der Waals surface area contributed by atoms with Gasteiger partial charge in [0.1, 0.15) is 10.7 Å². The van der Waals surface area contributed by atoms with E-state index in [1.165, 1.54) is 11.3 Å². The Morgan fingerprint density at radius 1 is 1.40 bits per heavy atom. The van der Waals surface area contributed by atoms with Gasteiger partial charge in [-0.15, -0.1) is 0 Å². The normalized spacial score (nSPS) is 16.9.